The second kappa shape index (κ2) is 10.5. The zero-order valence-electron chi connectivity index (χ0n) is 15.6. The molecule has 1 aliphatic rings. The number of hydrogen-bond donors (Lipinski definition) is 2. The Balaban J connectivity index is 1.69. The fourth-order valence-corrected chi connectivity index (χ4v) is 3.03. The first-order valence-electron chi connectivity index (χ1n) is 9.25. The first-order valence-corrected chi connectivity index (χ1v) is 9.63. The fourth-order valence-electron chi connectivity index (χ4n) is 2.90. The molecular weight excluding hydrogens is 352 g/mol. The van der Waals surface area contributed by atoms with Crippen LogP contribution in [0.15, 0.2) is 24.3 Å². The SMILES string of the molecule is CCCNC(=O)CN1CCN(C(=O)CN[C@@H](C)c2ccc(Cl)cc2)CC1. The number of halogens is 1. The fraction of sp³-hybridized carbons (Fsp3) is 0.579. The summed E-state index contributed by atoms with van der Waals surface area (Å²) in [5.74, 6) is 0.158. The minimum Gasteiger partial charge on any atom is -0.355 e. The van der Waals surface area contributed by atoms with Crippen LogP contribution in [-0.4, -0.2) is 67.4 Å². The number of rotatable bonds is 8. The Morgan fingerprint density at radius 2 is 1.81 bits per heavy atom. The molecule has 0 aliphatic carbocycles. The summed E-state index contributed by atoms with van der Waals surface area (Å²) in [7, 11) is 0. The van der Waals surface area contributed by atoms with Gasteiger partial charge in [0.1, 0.15) is 0 Å². The number of benzene rings is 1. The largest absolute Gasteiger partial charge is 0.355 e. The predicted octanol–water partition coefficient (Wildman–Crippen LogP) is 1.66. The van der Waals surface area contributed by atoms with Crippen LogP contribution in [0.3, 0.4) is 0 Å². The van der Waals surface area contributed by atoms with Crippen LogP contribution in [-0.2, 0) is 9.59 Å². The Morgan fingerprint density at radius 3 is 2.42 bits per heavy atom. The van der Waals surface area contributed by atoms with Crippen LogP contribution in [0.4, 0.5) is 0 Å². The van der Waals surface area contributed by atoms with Gasteiger partial charge in [-0.2, -0.15) is 0 Å². The first kappa shape index (κ1) is 20.7. The number of carbonyl (C=O) groups is 2. The van der Waals surface area contributed by atoms with Crippen LogP contribution < -0.4 is 10.6 Å². The van der Waals surface area contributed by atoms with E-state index in [0.717, 1.165) is 31.6 Å². The Kier molecular flexibility index (Phi) is 8.35. The van der Waals surface area contributed by atoms with Gasteiger partial charge in [0.15, 0.2) is 0 Å². The van der Waals surface area contributed by atoms with Gasteiger partial charge in [-0.05, 0) is 31.0 Å². The topological polar surface area (TPSA) is 64.7 Å². The molecule has 1 aromatic carbocycles. The Morgan fingerprint density at radius 1 is 1.15 bits per heavy atom. The summed E-state index contributed by atoms with van der Waals surface area (Å²) in [6.07, 6.45) is 0.940. The van der Waals surface area contributed by atoms with Crippen molar-refractivity contribution in [3.8, 4) is 0 Å². The normalized spacial score (nSPS) is 16.3. The molecule has 1 heterocycles. The van der Waals surface area contributed by atoms with Crippen molar-refractivity contribution in [1.29, 1.82) is 0 Å². The van der Waals surface area contributed by atoms with Crippen molar-refractivity contribution in [3.63, 3.8) is 0 Å². The molecule has 6 nitrogen and oxygen atoms in total. The van der Waals surface area contributed by atoms with Crippen LogP contribution >= 0.6 is 11.6 Å². The van der Waals surface area contributed by atoms with Gasteiger partial charge in [0.2, 0.25) is 11.8 Å². The third-order valence-corrected chi connectivity index (χ3v) is 4.85. The average molecular weight is 381 g/mol. The minimum absolute atomic E-state index is 0.0603. The smallest absolute Gasteiger partial charge is 0.236 e. The summed E-state index contributed by atoms with van der Waals surface area (Å²) >= 11 is 5.90. The van der Waals surface area contributed by atoms with Crippen LogP contribution in [0.25, 0.3) is 0 Å². The maximum Gasteiger partial charge on any atom is 0.236 e. The number of piperazine rings is 1. The first-order chi connectivity index (χ1) is 12.5. The van der Waals surface area contributed by atoms with Crippen molar-refractivity contribution in [2.45, 2.75) is 26.3 Å². The molecule has 0 saturated carbocycles. The number of hydrogen-bond acceptors (Lipinski definition) is 4. The Hall–Kier alpha value is -1.63. The molecule has 0 aromatic heterocycles. The van der Waals surface area contributed by atoms with E-state index in [1.54, 1.807) is 0 Å². The lowest BCUT2D eigenvalue weighted by molar-refractivity contribution is -0.132. The van der Waals surface area contributed by atoms with Crippen molar-refractivity contribution in [2.24, 2.45) is 0 Å². The Bertz CT molecular complexity index is 586. The molecule has 7 heteroatoms. The van der Waals surface area contributed by atoms with Crippen LogP contribution in [0.2, 0.25) is 5.02 Å². The summed E-state index contributed by atoms with van der Waals surface area (Å²) in [5, 5.41) is 6.86. The number of nitrogens with zero attached hydrogens (tertiary/aromatic N) is 2. The van der Waals surface area contributed by atoms with Crippen molar-refractivity contribution < 1.29 is 9.59 Å². The van der Waals surface area contributed by atoms with E-state index in [-0.39, 0.29) is 17.9 Å². The third kappa shape index (κ3) is 6.59. The molecule has 0 bridgehead atoms. The molecule has 1 aliphatic heterocycles. The minimum atomic E-state index is 0.0603. The monoisotopic (exact) mass is 380 g/mol. The molecule has 2 N–H and O–H groups in total. The number of amides is 2. The van der Waals surface area contributed by atoms with E-state index < -0.39 is 0 Å². The molecule has 2 rings (SSSR count). The van der Waals surface area contributed by atoms with Crippen LogP contribution in [0.1, 0.15) is 31.9 Å². The molecule has 144 valence electrons. The highest BCUT2D eigenvalue weighted by Gasteiger charge is 2.22. The molecule has 2 amide bonds. The highest BCUT2D eigenvalue weighted by molar-refractivity contribution is 6.30. The predicted molar refractivity (Wildman–Crippen MR) is 104 cm³/mol. The molecule has 0 radical (unpaired) electrons. The van der Waals surface area contributed by atoms with Crippen molar-refractivity contribution in [3.05, 3.63) is 34.9 Å². The number of nitrogens with one attached hydrogen (secondary N) is 2. The van der Waals surface area contributed by atoms with Gasteiger partial charge in [-0.3, -0.25) is 14.5 Å². The van der Waals surface area contributed by atoms with E-state index in [1.165, 1.54) is 0 Å². The maximum atomic E-state index is 12.4. The highest BCUT2D eigenvalue weighted by atomic mass is 35.5. The molecule has 1 atom stereocenters. The zero-order valence-corrected chi connectivity index (χ0v) is 16.4. The van der Waals surface area contributed by atoms with E-state index in [2.05, 4.69) is 15.5 Å². The molecule has 0 spiro atoms. The highest BCUT2D eigenvalue weighted by Crippen LogP contribution is 2.15. The standard InChI is InChI=1S/C19H29ClN4O2/c1-3-8-21-18(25)14-23-9-11-24(12-10-23)19(26)13-22-15(2)16-4-6-17(20)7-5-16/h4-7,15,22H,3,8-14H2,1-2H3,(H,21,25)/t15-/m0/s1. The van der Waals surface area contributed by atoms with E-state index in [4.69, 9.17) is 11.6 Å². The van der Waals surface area contributed by atoms with Gasteiger partial charge in [0, 0.05) is 43.8 Å². The van der Waals surface area contributed by atoms with E-state index in [9.17, 15) is 9.59 Å². The summed E-state index contributed by atoms with van der Waals surface area (Å²) < 4.78 is 0. The molecule has 26 heavy (non-hydrogen) atoms. The summed E-state index contributed by atoms with van der Waals surface area (Å²) in [5.41, 5.74) is 1.10. The summed E-state index contributed by atoms with van der Waals surface area (Å²) in [6.45, 7) is 8.29. The van der Waals surface area contributed by atoms with Gasteiger partial charge < -0.3 is 15.5 Å². The van der Waals surface area contributed by atoms with Crippen molar-refractivity contribution >= 4 is 23.4 Å². The molecule has 0 unspecified atom stereocenters. The lowest BCUT2D eigenvalue weighted by atomic mass is 10.1. The Labute approximate surface area is 160 Å². The van der Waals surface area contributed by atoms with E-state index in [1.807, 2.05) is 43.0 Å². The van der Waals surface area contributed by atoms with Gasteiger partial charge in [-0.25, -0.2) is 0 Å². The van der Waals surface area contributed by atoms with Crippen LogP contribution in [0, 0.1) is 0 Å². The van der Waals surface area contributed by atoms with Gasteiger partial charge in [-0.1, -0.05) is 30.7 Å². The summed E-state index contributed by atoms with van der Waals surface area (Å²) in [6, 6.07) is 7.72. The van der Waals surface area contributed by atoms with E-state index in [0.29, 0.717) is 31.2 Å². The van der Waals surface area contributed by atoms with Gasteiger partial charge in [0.05, 0.1) is 13.1 Å². The molecule has 1 fully saturated rings. The second-order valence-electron chi connectivity index (χ2n) is 6.66. The van der Waals surface area contributed by atoms with Crippen molar-refractivity contribution in [2.75, 3.05) is 45.8 Å². The average Bonchev–Trinajstić information content (AvgIpc) is 2.65. The molecule has 1 saturated heterocycles. The second-order valence-corrected chi connectivity index (χ2v) is 7.10. The van der Waals surface area contributed by atoms with Gasteiger partial charge >= 0.3 is 0 Å². The number of carbonyl (C=O) groups excluding carboxylic acids is 2. The molecular formula is C19H29ClN4O2. The zero-order chi connectivity index (χ0) is 18.9. The lowest BCUT2D eigenvalue weighted by Gasteiger charge is -2.34. The maximum absolute atomic E-state index is 12.4. The van der Waals surface area contributed by atoms with Gasteiger partial charge in [-0.15, -0.1) is 0 Å². The third-order valence-electron chi connectivity index (χ3n) is 4.59. The van der Waals surface area contributed by atoms with Gasteiger partial charge in [0.25, 0.3) is 0 Å². The molecule has 1 aromatic rings. The van der Waals surface area contributed by atoms with Crippen LogP contribution in [0.5, 0.6) is 0 Å². The van der Waals surface area contributed by atoms with Crippen molar-refractivity contribution in [1.82, 2.24) is 20.4 Å². The van der Waals surface area contributed by atoms with E-state index >= 15 is 0 Å². The summed E-state index contributed by atoms with van der Waals surface area (Å²) in [4.78, 5) is 28.1. The quantitative estimate of drug-likeness (QED) is 0.720. The lowest BCUT2D eigenvalue weighted by Crippen LogP contribution is -2.52.